The molecule has 0 saturated carbocycles. The van der Waals surface area contributed by atoms with Crippen molar-refractivity contribution in [2.24, 2.45) is 5.92 Å². The van der Waals surface area contributed by atoms with Crippen LogP contribution in [0.25, 0.3) is 10.9 Å². The van der Waals surface area contributed by atoms with Gasteiger partial charge in [-0.25, -0.2) is 4.79 Å². The number of hydrogen-bond acceptors (Lipinski definition) is 4. The minimum Gasteiger partial charge on any atom is -0.352 e. The second kappa shape index (κ2) is 8.99. The van der Waals surface area contributed by atoms with Crippen LogP contribution in [0.4, 0.5) is 0 Å². The molecule has 0 aliphatic carbocycles. The van der Waals surface area contributed by atoms with Crippen LogP contribution in [-0.4, -0.2) is 39.4 Å². The molecule has 8 nitrogen and oxygen atoms in total. The maximum atomic E-state index is 12.8. The number of benzene rings is 2. The zero-order chi connectivity index (χ0) is 21.8. The maximum Gasteiger partial charge on any atom is 0.329 e. The monoisotopic (exact) mass is 420 g/mol. The molecule has 1 fully saturated rings. The lowest BCUT2D eigenvalue weighted by atomic mass is 9.95. The van der Waals surface area contributed by atoms with Gasteiger partial charge in [0.15, 0.2) is 0 Å². The minimum atomic E-state index is -0.604. The van der Waals surface area contributed by atoms with Crippen molar-refractivity contribution in [1.82, 2.24) is 19.8 Å². The van der Waals surface area contributed by atoms with E-state index in [0.717, 1.165) is 5.56 Å². The molecule has 1 aromatic heterocycles. The molecule has 2 aromatic carbocycles. The number of piperidine rings is 1. The van der Waals surface area contributed by atoms with Crippen LogP contribution in [0.3, 0.4) is 0 Å². The van der Waals surface area contributed by atoms with Crippen LogP contribution in [0.5, 0.6) is 0 Å². The minimum absolute atomic E-state index is 0.00111. The Morgan fingerprint density at radius 2 is 1.65 bits per heavy atom. The largest absolute Gasteiger partial charge is 0.352 e. The van der Waals surface area contributed by atoms with Crippen LogP contribution in [0.2, 0.25) is 0 Å². The molecule has 1 aliphatic heterocycles. The standard InChI is InChI=1S/C23H24N4O4/c28-20(15-27-19-9-5-4-8-18(19)22(30)25-23(27)31)26-12-10-17(11-13-26)21(29)24-14-16-6-2-1-3-7-16/h1-9,17H,10-15H2,(H,24,29)(H,25,30,31). The molecule has 3 aromatic rings. The number of aromatic nitrogens is 2. The van der Waals surface area contributed by atoms with Gasteiger partial charge < -0.3 is 10.2 Å². The molecule has 1 saturated heterocycles. The summed E-state index contributed by atoms with van der Waals surface area (Å²) in [5.41, 5.74) is 0.403. The lowest BCUT2D eigenvalue weighted by Gasteiger charge is -2.31. The van der Waals surface area contributed by atoms with Crippen LogP contribution in [0.15, 0.2) is 64.2 Å². The fraction of sp³-hybridized carbons (Fsp3) is 0.304. The number of carbonyl (C=O) groups excluding carboxylic acids is 2. The van der Waals surface area contributed by atoms with Crippen molar-refractivity contribution >= 4 is 22.7 Å². The number of aromatic amines is 1. The Bertz CT molecular complexity index is 1210. The second-order valence-corrected chi connectivity index (χ2v) is 7.72. The van der Waals surface area contributed by atoms with Crippen molar-refractivity contribution in [2.45, 2.75) is 25.9 Å². The molecule has 31 heavy (non-hydrogen) atoms. The van der Waals surface area contributed by atoms with Gasteiger partial charge in [0.25, 0.3) is 5.56 Å². The van der Waals surface area contributed by atoms with Gasteiger partial charge in [0, 0.05) is 25.6 Å². The van der Waals surface area contributed by atoms with Gasteiger partial charge >= 0.3 is 5.69 Å². The fourth-order valence-electron chi connectivity index (χ4n) is 3.96. The normalized spacial score (nSPS) is 14.5. The molecule has 2 N–H and O–H groups in total. The molecular weight excluding hydrogens is 396 g/mol. The van der Waals surface area contributed by atoms with Crippen LogP contribution in [-0.2, 0) is 22.7 Å². The number of carbonyl (C=O) groups is 2. The van der Waals surface area contributed by atoms with Crippen molar-refractivity contribution in [3.05, 3.63) is 81.0 Å². The molecule has 0 atom stereocenters. The predicted octanol–water partition coefficient (Wildman–Crippen LogP) is 1.24. The van der Waals surface area contributed by atoms with E-state index in [-0.39, 0.29) is 24.3 Å². The number of para-hydroxylation sites is 1. The van der Waals surface area contributed by atoms with E-state index in [1.807, 2.05) is 30.3 Å². The van der Waals surface area contributed by atoms with Crippen molar-refractivity contribution in [3.8, 4) is 0 Å². The summed E-state index contributed by atoms with van der Waals surface area (Å²) in [7, 11) is 0. The highest BCUT2D eigenvalue weighted by Gasteiger charge is 2.27. The third kappa shape index (κ3) is 4.58. The van der Waals surface area contributed by atoms with E-state index < -0.39 is 11.2 Å². The predicted molar refractivity (Wildman–Crippen MR) is 116 cm³/mol. The van der Waals surface area contributed by atoms with E-state index in [4.69, 9.17) is 0 Å². The average molecular weight is 420 g/mol. The summed E-state index contributed by atoms with van der Waals surface area (Å²) in [6.07, 6.45) is 1.15. The van der Waals surface area contributed by atoms with E-state index >= 15 is 0 Å². The zero-order valence-corrected chi connectivity index (χ0v) is 17.0. The van der Waals surface area contributed by atoms with E-state index in [9.17, 15) is 19.2 Å². The number of hydrogen-bond donors (Lipinski definition) is 2. The summed E-state index contributed by atoms with van der Waals surface area (Å²) < 4.78 is 1.29. The Hall–Kier alpha value is -3.68. The highest BCUT2D eigenvalue weighted by Crippen LogP contribution is 2.18. The summed E-state index contributed by atoms with van der Waals surface area (Å²) in [4.78, 5) is 53.5. The van der Waals surface area contributed by atoms with Crippen LogP contribution in [0, 0.1) is 5.92 Å². The average Bonchev–Trinajstić information content (AvgIpc) is 2.81. The van der Waals surface area contributed by atoms with Gasteiger partial charge in [-0.3, -0.25) is 23.9 Å². The molecule has 160 valence electrons. The third-order valence-electron chi connectivity index (χ3n) is 5.73. The van der Waals surface area contributed by atoms with E-state index in [1.54, 1.807) is 29.2 Å². The highest BCUT2D eigenvalue weighted by molar-refractivity contribution is 5.82. The van der Waals surface area contributed by atoms with Gasteiger partial charge in [0.05, 0.1) is 10.9 Å². The smallest absolute Gasteiger partial charge is 0.329 e. The van der Waals surface area contributed by atoms with Gasteiger partial charge in [-0.05, 0) is 30.5 Å². The SMILES string of the molecule is O=C(NCc1ccccc1)C1CCN(C(=O)Cn2c(=O)[nH]c(=O)c3ccccc32)CC1. The van der Waals surface area contributed by atoms with E-state index in [1.165, 1.54) is 4.57 Å². The Balaban J connectivity index is 1.36. The molecular formula is C23H24N4O4. The summed E-state index contributed by atoms with van der Waals surface area (Å²) in [5.74, 6) is -0.342. The summed E-state index contributed by atoms with van der Waals surface area (Å²) in [5, 5.41) is 3.33. The van der Waals surface area contributed by atoms with Crippen molar-refractivity contribution < 1.29 is 9.59 Å². The maximum absolute atomic E-state index is 12.8. The van der Waals surface area contributed by atoms with Crippen molar-refractivity contribution in [3.63, 3.8) is 0 Å². The Labute approximate surface area is 178 Å². The highest BCUT2D eigenvalue weighted by atomic mass is 16.2. The summed E-state index contributed by atoms with van der Waals surface area (Å²) >= 11 is 0. The molecule has 8 heteroatoms. The quantitative estimate of drug-likeness (QED) is 0.648. The number of likely N-dealkylation sites (tertiary alicyclic amines) is 1. The molecule has 1 aliphatic rings. The molecule has 0 bridgehead atoms. The lowest BCUT2D eigenvalue weighted by molar-refractivity contribution is -0.136. The number of amides is 2. The topological polar surface area (TPSA) is 104 Å². The number of fused-ring (bicyclic) bond motifs is 1. The fourth-order valence-corrected chi connectivity index (χ4v) is 3.96. The van der Waals surface area contributed by atoms with E-state index in [0.29, 0.717) is 43.4 Å². The van der Waals surface area contributed by atoms with Gasteiger partial charge in [0.1, 0.15) is 6.54 Å². The molecule has 0 radical (unpaired) electrons. The molecule has 0 unspecified atom stereocenters. The number of nitrogens with one attached hydrogen (secondary N) is 2. The Morgan fingerprint density at radius 3 is 2.39 bits per heavy atom. The number of H-pyrrole nitrogens is 1. The lowest BCUT2D eigenvalue weighted by Crippen LogP contribution is -2.45. The van der Waals surface area contributed by atoms with Gasteiger partial charge in [-0.15, -0.1) is 0 Å². The first-order valence-corrected chi connectivity index (χ1v) is 10.3. The first kappa shape index (κ1) is 20.6. The first-order chi connectivity index (χ1) is 15.0. The third-order valence-corrected chi connectivity index (χ3v) is 5.73. The van der Waals surface area contributed by atoms with Gasteiger partial charge in [-0.2, -0.15) is 0 Å². The second-order valence-electron chi connectivity index (χ2n) is 7.72. The van der Waals surface area contributed by atoms with Gasteiger partial charge in [0.2, 0.25) is 11.8 Å². The zero-order valence-electron chi connectivity index (χ0n) is 17.0. The molecule has 4 rings (SSSR count). The number of nitrogens with zero attached hydrogens (tertiary/aromatic N) is 2. The van der Waals surface area contributed by atoms with Crippen LogP contribution in [0.1, 0.15) is 18.4 Å². The van der Waals surface area contributed by atoms with Crippen LogP contribution >= 0.6 is 0 Å². The van der Waals surface area contributed by atoms with Crippen molar-refractivity contribution in [1.29, 1.82) is 0 Å². The molecule has 2 amide bonds. The van der Waals surface area contributed by atoms with Gasteiger partial charge in [-0.1, -0.05) is 42.5 Å². The number of rotatable bonds is 5. The van der Waals surface area contributed by atoms with E-state index in [2.05, 4.69) is 10.3 Å². The Morgan fingerprint density at radius 1 is 0.968 bits per heavy atom. The Kier molecular flexibility index (Phi) is 5.97. The molecule has 2 heterocycles. The van der Waals surface area contributed by atoms with Crippen LogP contribution < -0.4 is 16.6 Å². The summed E-state index contributed by atoms with van der Waals surface area (Å²) in [6, 6.07) is 16.4. The first-order valence-electron chi connectivity index (χ1n) is 10.3. The summed E-state index contributed by atoms with van der Waals surface area (Å²) in [6.45, 7) is 1.25. The van der Waals surface area contributed by atoms with Crippen molar-refractivity contribution in [2.75, 3.05) is 13.1 Å². The molecule has 0 spiro atoms.